The molecule has 1 aromatic carbocycles. The monoisotopic (exact) mass is 379 g/mol. The quantitative estimate of drug-likeness (QED) is 0.582. The highest BCUT2D eigenvalue weighted by Crippen LogP contribution is 2.25. The van der Waals surface area contributed by atoms with Crippen molar-refractivity contribution in [1.29, 1.82) is 0 Å². The number of hydrogen-bond donors (Lipinski definition) is 4. The molecule has 8 nitrogen and oxygen atoms in total. The van der Waals surface area contributed by atoms with Gasteiger partial charge in [-0.1, -0.05) is 23.5 Å². The number of amides is 3. The number of primary amides is 1. The Morgan fingerprint density at radius 3 is 2.96 bits per heavy atom. The van der Waals surface area contributed by atoms with Crippen LogP contribution in [-0.2, 0) is 14.4 Å². The molecule has 1 aliphatic rings. The summed E-state index contributed by atoms with van der Waals surface area (Å²) in [6, 6.07) is 7.33. The number of thiazole rings is 1. The largest absolute Gasteiger partial charge is 0.370 e. The number of anilines is 1. The van der Waals surface area contributed by atoms with E-state index in [-0.39, 0.29) is 36.5 Å². The zero-order chi connectivity index (χ0) is 17.8. The smallest absolute Gasteiger partial charge is 0.236 e. The second-order valence-corrected chi connectivity index (χ2v) is 7.66. The van der Waals surface area contributed by atoms with E-state index in [0.717, 1.165) is 10.2 Å². The molecular formula is C15H17N5O3S2. The number of para-hydroxylation sites is 1. The summed E-state index contributed by atoms with van der Waals surface area (Å²) in [5.41, 5.74) is 5.57. The van der Waals surface area contributed by atoms with Crippen LogP contribution < -0.4 is 21.7 Å². The molecule has 0 saturated carbocycles. The number of nitrogens with zero attached hydrogens (tertiary/aromatic N) is 1. The van der Waals surface area contributed by atoms with Gasteiger partial charge in [0.25, 0.3) is 0 Å². The third-order valence-electron chi connectivity index (χ3n) is 3.48. The second kappa shape index (κ2) is 7.81. The summed E-state index contributed by atoms with van der Waals surface area (Å²) in [5.74, 6) is -0.715. The average Bonchev–Trinajstić information content (AvgIpc) is 2.94. The van der Waals surface area contributed by atoms with Crippen LogP contribution in [0.15, 0.2) is 24.3 Å². The molecule has 5 N–H and O–H groups in total. The molecule has 132 valence electrons. The highest BCUT2D eigenvalue weighted by atomic mass is 32.2. The van der Waals surface area contributed by atoms with Crippen molar-refractivity contribution in [2.24, 2.45) is 5.73 Å². The minimum atomic E-state index is -0.468. The van der Waals surface area contributed by atoms with Gasteiger partial charge in [0.1, 0.15) is 5.50 Å². The molecule has 3 rings (SSSR count). The maximum Gasteiger partial charge on any atom is 0.236 e. The predicted octanol–water partition coefficient (Wildman–Crippen LogP) is 0.605. The second-order valence-electron chi connectivity index (χ2n) is 5.53. The first kappa shape index (κ1) is 17.6. The summed E-state index contributed by atoms with van der Waals surface area (Å²) in [7, 11) is 0. The molecule has 2 atom stereocenters. The van der Waals surface area contributed by atoms with Gasteiger partial charge in [0.05, 0.1) is 16.0 Å². The molecule has 0 spiro atoms. The van der Waals surface area contributed by atoms with Crippen molar-refractivity contribution >= 4 is 56.2 Å². The van der Waals surface area contributed by atoms with Crippen molar-refractivity contribution in [3.05, 3.63) is 24.3 Å². The summed E-state index contributed by atoms with van der Waals surface area (Å²) in [5, 5.41) is 9.12. The van der Waals surface area contributed by atoms with Gasteiger partial charge in [-0.2, -0.15) is 0 Å². The normalized spacial score (nSPS) is 20.2. The van der Waals surface area contributed by atoms with Gasteiger partial charge < -0.3 is 16.4 Å². The zero-order valence-electron chi connectivity index (χ0n) is 13.2. The minimum Gasteiger partial charge on any atom is -0.370 e. The van der Waals surface area contributed by atoms with Crippen LogP contribution in [0, 0.1) is 0 Å². The van der Waals surface area contributed by atoms with Gasteiger partial charge in [0, 0.05) is 18.9 Å². The van der Waals surface area contributed by atoms with Gasteiger partial charge in [-0.15, -0.1) is 11.8 Å². The molecule has 0 aliphatic carbocycles. The van der Waals surface area contributed by atoms with E-state index in [2.05, 4.69) is 20.9 Å². The molecular weight excluding hydrogens is 362 g/mol. The van der Waals surface area contributed by atoms with Crippen molar-refractivity contribution in [2.75, 3.05) is 11.1 Å². The molecule has 3 amide bonds. The summed E-state index contributed by atoms with van der Waals surface area (Å²) >= 11 is 2.64. The first-order chi connectivity index (χ1) is 12.0. The first-order valence-electron chi connectivity index (χ1n) is 7.60. The van der Waals surface area contributed by atoms with Gasteiger partial charge in [-0.3, -0.25) is 19.7 Å². The van der Waals surface area contributed by atoms with Crippen molar-refractivity contribution < 1.29 is 14.4 Å². The average molecular weight is 379 g/mol. The van der Waals surface area contributed by atoms with Crippen molar-refractivity contribution in [3.63, 3.8) is 0 Å². The number of aromatic nitrogens is 1. The third kappa shape index (κ3) is 4.91. The van der Waals surface area contributed by atoms with Gasteiger partial charge in [-0.25, -0.2) is 4.98 Å². The molecule has 1 fully saturated rings. The van der Waals surface area contributed by atoms with Crippen LogP contribution in [0.5, 0.6) is 0 Å². The van der Waals surface area contributed by atoms with Crippen LogP contribution in [0.4, 0.5) is 5.13 Å². The van der Waals surface area contributed by atoms with Gasteiger partial charge in [0.15, 0.2) is 5.13 Å². The van der Waals surface area contributed by atoms with E-state index in [1.54, 1.807) is 0 Å². The lowest BCUT2D eigenvalue weighted by Crippen LogP contribution is -2.55. The van der Waals surface area contributed by atoms with Gasteiger partial charge in [0.2, 0.25) is 17.7 Å². The minimum absolute atomic E-state index is 0.0857. The molecule has 1 aromatic heterocycles. The van der Waals surface area contributed by atoms with E-state index >= 15 is 0 Å². The van der Waals surface area contributed by atoms with Crippen molar-refractivity contribution in [2.45, 2.75) is 24.4 Å². The number of carbonyl (C=O) groups excluding carboxylic acids is 3. The van der Waals surface area contributed by atoms with Crippen LogP contribution >= 0.6 is 23.1 Å². The molecule has 0 radical (unpaired) electrons. The SMILES string of the molecule is NC(=O)CC1CC(=O)NC(SCC(=O)Nc2nc3ccccc3s2)N1. The van der Waals surface area contributed by atoms with Crippen LogP contribution in [0.3, 0.4) is 0 Å². The number of fused-ring (bicyclic) bond motifs is 1. The molecule has 2 heterocycles. The van der Waals surface area contributed by atoms with E-state index in [0.29, 0.717) is 5.13 Å². The van der Waals surface area contributed by atoms with Gasteiger partial charge in [-0.05, 0) is 12.1 Å². The maximum atomic E-state index is 12.1. The Morgan fingerprint density at radius 1 is 1.40 bits per heavy atom. The highest BCUT2D eigenvalue weighted by Gasteiger charge is 2.27. The number of thioether (sulfide) groups is 1. The number of benzene rings is 1. The Hall–Kier alpha value is -2.17. The lowest BCUT2D eigenvalue weighted by molar-refractivity contribution is -0.124. The van der Waals surface area contributed by atoms with E-state index < -0.39 is 11.4 Å². The molecule has 25 heavy (non-hydrogen) atoms. The van der Waals surface area contributed by atoms with Crippen LogP contribution in [-0.4, -0.2) is 40.0 Å². The fourth-order valence-electron chi connectivity index (χ4n) is 2.45. The van der Waals surface area contributed by atoms with Crippen molar-refractivity contribution in [3.8, 4) is 0 Å². The maximum absolute atomic E-state index is 12.1. The third-order valence-corrected chi connectivity index (χ3v) is 5.45. The fourth-order valence-corrected chi connectivity index (χ4v) is 4.22. The standard InChI is InChI=1S/C15H17N5O3S2/c16-11(21)5-8-6-12(22)19-14(17-8)24-7-13(23)20-15-18-9-3-1-2-4-10(9)25-15/h1-4,8,14,17H,5-7H2,(H2,16,21)(H,19,22)(H,18,20,23). The number of nitrogens with one attached hydrogen (secondary N) is 3. The van der Waals surface area contributed by atoms with E-state index in [1.165, 1.54) is 23.1 Å². The van der Waals surface area contributed by atoms with Crippen LogP contribution in [0.2, 0.25) is 0 Å². The Morgan fingerprint density at radius 2 is 2.20 bits per heavy atom. The summed E-state index contributed by atoms with van der Waals surface area (Å²) in [6.07, 6.45) is 0.278. The van der Waals surface area contributed by atoms with Crippen LogP contribution in [0.25, 0.3) is 10.2 Å². The fraction of sp³-hybridized carbons (Fsp3) is 0.333. The lowest BCUT2D eigenvalue weighted by atomic mass is 10.1. The summed E-state index contributed by atoms with van der Waals surface area (Å²) in [4.78, 5) is 39.1. The zero-order valence-corrected chi connectivity index (χ0v) is 14.8. The molecule has 1 aliphatic heterocycles. The molecule has 2 unspecified atom stereocenters. The Balaban J connectivity index is 1.51. The molecule has 1 saturated heterocycles. The topological polar surface area (TPSA) is 126 Å². The van der Waals surface area contributed by atoms with Crippen LogP contribution in [0.1, 0.15) is 12.8 Å². The lowest BCUT2D eigenvalue weighted by Gasteiger charge is -2.30. The van der Waals surface area contributed by atoms with E-state index in [1.807, 2.05) is 24.3 Å². The number of carbonyl (C=O) groups is 3. The first-order valence-corrected chi connectivity index (χ1v) is 9.47. The molecule has 0 bridgehead atoms. The van der Waals surface area contributed by atoms with E-state index in [4.69, 9.17) is 5.73 Å². The van der Waals surface area contributed by atoms with Gasteiger partial charge >= 0.3 is 0 Å². The highest BCUT2D eigenvalue weighted by molar-refractivity contribution is 8.00. The molecule has 10 heteroatoms. The summed E-state index contributed by atoms with van der Waals surface area (Å²) < 4.78 is 1.00. The predicted molar refractivity (Wildman–Crippen MR) is 98.0 cm³/mol. The number of hydrogen-bond acceptors (Lipinski definition) is 7. The summed E-state index contributed by atoms with van der Waals surface area (Å²) in [6.45, 7) is 0. The number of rotatable bonds is 6. The Labute approximate surface area is 151 Å². The Bertz CT molecular complexity index is 774. The van der Waals surface area contributed by atoms with E-state index in [9.17, 15) is 14.4 Å². The molecule has 2 aromatic rings. The Kier molecular flexibility index (Phi) is 5.51. The van der Waals surface area contributed by atoms with Crippen molar-refractivity contribution in [1.82, 2.24) is 15.6 Å². The number of nitrogens with two attached hydrogens (primary N) is 1.